The normalized spacial score (nSPS) is 13.5. The number of methoxy groups -OCH3 is 3. The summed E-state index contributed by atoms with van der Waals surface area (Å²) in [6, 6.07) is 12.5. The average Bonchev–Trinajstić information content (AvgIpc) is 4.27. The number of aryl methyl sites for hydroxylation is 1. The SMILES string of the molecule is COC(=O)c1csc(C)c1S(=O)(=O)NC(=O)n1nc(OC)n(C)c1=O.COc1ccccc1C(=O)NS(=O)(=O)c1ccc(C(=O)NC2CC2)cc1.CS(=O)(=O)c1cc(C(F)(F)F)ccc1C(=O)c1cnoc1C1CC1. The maximum Gasteiger partial charge on any atom is 0.416 e. The third kappa shape index (κ3) is 13.3. The molecule has 0 saturated heterocycles. The number of esters is 1. The van der Waals surface area contributed by atoms with Crippen LogP contribution in [0, 0.1) is 6.92 Å². The fourth-order valence-corrected chi connectivity index (χ4v) is 11.1. The second kappa shape index (κ2) is 22.4. The van der Waals surface area contributed by atoms with Crippen molar-refractivity contribution in [2.45, 2.75) is 65.4 Å². The number of benzene rings is 3. The minimum absolute atomic E-state index is 0.0441. The van der Waals surface area contributed by atoms with Gasteiger partial charge in [-0.3, -0.25) is 14.4 Å². The van der Waals surface area contributed by atoms with Crippen molar-refractivity contribution >= 4 is 70.8 Å². The van der Waals surface area contributed by atoms with Crippen molar-refractivity contribution in [3.8, 4) is 11.8 Å². The molecule has 3 amide bonds. The Labute approximate surface area is 429 Å². The number of alkyl halides is 3. The van der Waals surface area contributed by atoms with Crippen molar-refractivity contribution in [3.05, 3.63) is 133 Å². The van der Waals surface area contributed by atoms with Gasteiger partial charge in [0.1, 0.15) is 10.6 Å². The van der Waals surface area contributed by atoms with Crippen LogP contribution < -0.4 is 29.9 Å². The lowest BCUT2D eigenvalue weighted by atomic mass is 10.0. The first-order chi connectivity index (χ1) is 35.1. The molecule has 2 saturated carbocycles. The van der Waals surface area contributed by atoms with Gasteiger partial charge in [0.15, 0.2) is 21.4 Å². The Balaban J connectivity index is 0.000000183. The van der Waals surface area contributed by atoms with E-state index in [1.165, 1.54) is 70.1 Å². The number of carbonyl (C=O) groups excluding carboxylic acids is 5. The number of nitrogens with one attached hydrogen (secondary N) is 3. The van der Waals surface area contributed by atoms with Crippen molar-refractivity contribution in [1.29, 1.82) is 0 Å². The number of sulfonamides is 2. The Morgan fingerprint density at radius 3 is 2.01 bits per heavy atom. The van der Waals surface area contributed by atoms with Crippen LogP contribution in [0.1, 0.15) is 94.8 Å². The Morgan fingerprint density at radius 2 is 1.45 bits per heavy atom. The summed E-state index contributed by atoms with van der Waals surface area (Å²) < 4.78 is 136. The highest BCUT2D eigenvalue weighted by Gasteiger charge is 2.37. The molecule has 0 radical (unpaired) electrons. The Morgan fingerprint density at radius 1 is 0.800 bits per heavy atom. The fourth-order valence-electron chi connectivity index (χ4n) is 6.71. The maximum absolute atomic E-state index is 12.8. The van der Waals surface area contributed by atoms with E-state index in [0.29, 0.717) is 28.1 Å². The van der Waals surface area contributed by atoms with Crippen LogP contribution >= 0.6 is 11.3 Å². The third-order valence-electron chi connectivity index (χ3n) is 10.8. The molecule has 3 heterocycles. The summed E-state index contributed by atoms with van der Waals surface area (Å²) in [4.78, 5) is 71.7. The number of rotatable bonds is 14. The molecule has 75 heavy (non-hydrogen) atoms. The molecule has 2 fully saturated rings. The maximum atomic E-state index is 12.8. The number of para-hydroxylation sites is 1. The molecule has 30 heteroatoms. The quantitative estimate of drug-likeness (QED) is 0.0991. The molecular formula is C45H44F3N7O16S4. The topological polar surface area (TPSA) is 317 Å². The van der Waals surface area contributed by atoms with Gasteiger partial charge in [0, 0.05) is 46.6 Å². The van der Waals surface area contributed by atoms with E-state index in [-0.39, 0.29) is 61.7 Å². The van der Waals surface area contributed by atoms with Crippen molar-refractivity contribution < 1.29 is 81.1 Å². The number of thiophene rings is 1. The number of ether oxygens (including phenoxy) is 3. The first kappa shape index (κ1) is 56.6. The van der Waals surface area contributed by atoms with Gasteiger partial charge in [0.05, 0.1) is 59.6 Å². The second-order valence-corrected chi connectivity index (χ2v) is 22.6. The number of hydrogen-bond acceptors (Lipinski definition) is 19. The number of aromatic nitrogens is 4. The van der Waals surface area contributed by atoms with Crippen LogP contribution in [0.15, 0.2) is 102 Å². The van der Waals surface area contributed by atoms with E-state index in [1.807, 2.05) is 4.72 Å². The number of ketones is 1. The zero-order valence-corrected chi connectivity index (χ0v) is 43.3. The summed E-state index contributed by atoms with van der Waals surface area (Å²) in [7, 11) is -7.54. The van der Waals surface area contributed by atoms with E-state index >= 15 is 0 Å². The lowest BCUT2D eigenvalue weighted by molar-refractivity contribution is -0.137. The zero-order chi connectivity index (χ0) is 55.4. The highest BCUT2D eigenvalue weighted by molar-refractivity contribution is 7.91. The lowest BCUT2D eigenvalue weighted by Crippen LogP contribution is -2.40. The molecule has 2 aliphatic carbocycles. The number of amides is 3. The first-order valence-corrected chi connectivity index (χ1v) is 27.3. The second-order valence-electron chi connectivity index (χ2n) is 16.3. The number of sulfone groups is 1. The van der Waals surface area contributed by atoms with Gasteiger partial charge in [0.2, 0.25) is 0 Å². The molecule has 0 spiro atoms. The van der Waals surface area contributed by atoms with Gasteiger partial charge in [-0.05, 0) is 87.2 Å². The lowest BCUT2D eigenvalue weighted by Gasteiger charge is -2.11. The summed E-state index contributed by atoms with van der Waals surface area (Å²) in [5.41, 5.74) is -2.01. The summed E-state index contributed by atoms with van der Waals surface area (Å²) in [5, 5.41) is 11.2. The average molecular weight is 1120 g/mol. The molecule has 3 aromatic heterocycles. The molecule has 0 unspecified atom stereocenters. The standard InChI is InChI=1S/C18H18N2O5S.C15H12F3NO4S.C12H14N4O7S2/c1-25-16-5-3-2-4-15(16)18(22)20-26(23,24)14-10-6-12(7-11-14)17(21)19-13-8-9-13;1-24(21,22)12-6-9(15(16,17)18)4-5-10(12)13(20)11-7-19-23-14(11)8-2-3-8;1-6-8(7(5-24-6)9(17)22-3)25(20,21)14-10(18)16-12(19)15(2)11(13-16)23-4/h2-7,10-11,13H,8-9H2,1H3,(H,19,21)(H,20,22);4-8H,2-3H2,1H3;5H,1-4H3,(H,14,18). The van der Waals surface area contributed by atoms with Crippen LogP contribution in [-0.2, 0) is 47.8 Å². The summed E-state index contributed by atoms with van der Waals surface area (Å²) >= 11 is 0.998. The van der Waals surface area contributed by atoms with Gasteiger partial charge in [-0.1, -0.05) is 17.3 Å². The zero-order valence-electron chi connectivity index (χ0n) is 40.1. The molecule has 3 N–H and O–H groups in total. The van der Waals surface area contributed by atoms with E-state index in [9.17, 15) is 67.2 Å². The molecule has 3 aromatic carbocycles. The van der Waals surface area contributed by atoms with Gasteiger partial charge in [-0.25, -0.2) is 53.6 Å². The molecule has 23 nitrogen and oxygen atoms in total. The minimum Gasteiger partial charge on any atom is -0.496 e. The van der Waals surface area contributed by atoms with Gasteiger partial charge < -0.3 is 24.1 Å². The van der Waals surface area contributed by atoms with Crippen molar-refractivity contribution in [2.75, 3.05) is 27.6 Å². The van der Waals surface area contributed by atoms with Gasteiger partial charge >= 0.3 is 29.9 Å². The number of carbonyl (C=O) groups is 5. The third-order valence-corrected chi connectivity index (χ3v) is 15.8. The Kier molecular flexibility index (Phi) is 16.9. The van der Waals surface area contributed by atoms with E-state index in [0.717, 1.165) is 61.0 Å². The smallest absolute Gasteiger partial charge is 0.416 e. The Hall–Kier alpha value is -7.70. The molecule has 0 atom stereocenters. The summed E-state index contributed by atoms with van der Waals surface area (Å²) in [6.07, 6.45) is 0.787. The van der Waals surface area contributed by atoms with E-state index < -0.39 is 80.8 Å². The highest BCUT2D eigenvalue weighted by Crippen LogP contribution is 2.42. The molecule has 6 aromatic rings. The fraction of sp³-hybridized carbons (Fsp3) is 0.289. The van der Waals surface area contributed by atoms with Crippen molar-refractivity contribution in [1.82, 2.24) is 34.3 Å². The molecule has 2 aliphatic rings. The van der Waals surface area contributed by atoms with Gasteiger partial charge in [-0.2, -0.15) is 13.2 Å². The summed E-state index contributed by atoms with van der Waals surface area (Å²) in [5.74, 6) is -1.96. The van der Waals surface area contributed by atoms with E-state index in [2.05, 4.69) is 20.3 Å². The van der Waals surface area contributed by atoms with Gasteiger partial charge in [-0.15, -0.1) is 21.1 Å². The number of hydrogen-bond donors (Lipinski definition) is 3. The first-order valence-electron chi connectivity index (χ1n) is 21.6. The van der Waals surface area contributed by atoms with Crippen LogP contribution in [0.4, 0.5) is 18.0 Å². The van der Waals surface area contributed by atoms with Crippen LogP contribution in [0.25, 0.3) is 0 Å². The number of nitrogens with zero attached hydrogens (tertiary/aromatic N) is 4. The van der Waals surface area contributed by atoms with Gasteiger partial charge in [0.25, 0.3) is 31.9 Å². The van der Waals surface area contributed by atoms with Crippen molar-refractivity contribution in [2.24, 2.45) is 7.05 Å². The van der Waals surface area contributed by atoms with Crippen LogP contribution in [0.5, 0.6) is 11.8 Å². The Bertz CT molecular complexity index is 3600. The van der Waals surface area contributed by atoms with Crippen molar-refractivity contribution in [3.63, 3.8) is 0 Å². The molecular weight excluding hydrogens is 1080 g/mol. The van der Waals surface area contributed by atoms with Crippen LogP contribution in [0.3, 0.4) is 0 Å². The largest absolute Gasteiger partial charge is 0.496 e. The minimum atomic E-state index is -4.71. The van der Waals surface area contributed by atoms with E-state index in [4.69, 9.17) is 14.0 Å². The molecule has 8 rings (SSSR count). The molecule has 400 valence electrons. The monoisotopic (exact) mass is 1120 g/mol. The molecule has 0 aliphatic heterocycles. The van der Waals surface area contributed by atoms with E-state index in [1.54, 1.807) is 22.9 Å². The molecule has 0 bridgehead atoms. The predicted octanol–water partition coefficient (Wildman–Crippen LogP) is 4.60. The predicted molar refractivity (Wildman–Crippen MR) is 257 cm³/mol. The van der Waals surface area contributed by atoms with Crippen LogP contribution in [0.2, 0.25) is 0 Å². The highest BCUT2D eigenvalue weighted by atomic mass is 32.2. The summed E-state index contributed by atoms with van der Waals surface area (Å²) in [6.45, 7) is 1.46. The number of halogens is 3. The van der Waals surface area contributed by atoms with Crippen LogP contribution in [-0.4, -0.2) is 108 Å².